The van der Waals surface area contributed by atoms with Gasteiger partial charge in [0, 0.05) is 10.7 Å². The Balaban J connectivity index is 2.28. The molecule has 0 saturated heterocycles. The average molecular weight is 294 g/mol. The van der Waals surface area contributed by atoms with E-state index in [-0.39, 0.29) is 11.9 Å². The summed E-state index contributed by atoms with van der Waals surface area (Å²) in [5.41, 5.74) is 12.1. The highest BCUT2D eigenvalue weighted by atomic mass is 35.5. The summed E-state index contributed by atoms with van der Waals surface area (Å²) in [5, 5.41) is 0.583. The zero-order valence-electron chi connectivity index (χ0n) is 11.2. The molecule has 20 heavy (non-hydrogen) atoms. The third-order valence-corrected chi connectivity index (χ3v) is 3.59. The van der Waals surface area contributed by atoms with E-state index >= 15 is 0 Å². The van der Waals surface area contributed by atoms with Crippen LogP contribution in [0.25, 0.3) is 0 Å². The molecule has 0 aliphatic carbocycles. The van der Waals surface area contributed by atoms with Gasteiger partial charge in [0.05, 0.1) is 6.04 Å². The molecule has 0 saturated carbocycles. The summed E-state index contributed by atoms with van der Waals surface area (Å²) in [6.07, 6.45) is 0.619. The summed E-state index contributed by atoms with van der Waals surface area (Å²) in [5.74, 6) is 5.39. The smallest absolute Gasteiger partial charge is 0.123 e. The molecule has 0 bridgehead atoms. The molecule has 2 rings (SSSR count). The van der Waals surface area contributed by atoms with Crippen LogP contribution in [0.4, 0.5) is 10.1 Å². The van der Waals surface area contributed by atoms with Crippen LogP contribution in [-0.2, 0) is 6.42 Å². The second-order valence-electron chi connectivity index (χ2n) is 4.77. The molecular weight excluding hydrogens is 277 g/mol. The van der Waals surface area contributed by atoms with Gasteiger partial charge in [-0.05, 0) is 54.3 Å². The molecule has 0 fully saturated rings. The molecule has 1 atom stereocenters. The maximum Gasteiger partial charge on any atom is 0.123 e. The van der Waals surface area contributed by atoms with Crippen LogP contribution in [0.3, 0.4) is 0 Å². The molecule has 0 aromatic heterocycles. The molecule has 0 radical (unpaired) electrons. The number of nitrogens with two attached hydrogens (primary N) is 2. The van der Waals surface area contributed by atoms with Gasteiger partial charge in [-0.1, -0.05) is 23.7 Å². The van der Waals surface area contributed by atoms with Crippen molar-refractivity contribution in [2.24, 2.45) is 5.84 Å². The Kier molecular flexibility index (Phi) is 4.60. The molecule has 5 N–H and O–H groups in total. The van der Waals surface area contributed by atoms with Crippen molar-refractivity contribution >= 4 is 17.3 Å². The van der Waals surface area contributed by atoms with E-state index in [0.29, 0.717) is 17.1 Å². The fraction of sp³-hybridized carbons (Fsp3) is 0.200. The number of hydrazine groups is 1. The largest absolute Gasteiger partial charge is 0.398 e. The van der Waals surface area contributed by atoms with Gasteiger partial charge >= 0.3 is 0 Å². The Labute approximate surface area is 122 Å². The van der Waals surface area contributed by atoms with E-state index in [0.717, 1.165) is 16.7 Å². The maximum absolute atomic E-state index is 13.1. The van der Waals surface area contributed by atoms with Crippen LogP contribution >= 0.6 is 11.6 Å². The van der Waals surface area contributed by atoms with Gasteiger partial charge in [0.25, 0.3) is 0 Å². The Morgan fingerprint density at radius 2 is 2.00 bits per heavy atom. The molecule has 3 nitrogen and oxygen atoms in total. The van der Waals surface area contributed by atoms with E-state index in [4.69, 9.17) is 23.2 Å². The van der Waals surface area contributed by atoms with Crippen molar-refractivity contribution in [3.63, 3.8) is 0 Å². The van der Waals surface area contributed by atoms with Crippen LogP contribution in [0.5, 0.6) is 0 Å². The second kappa shape index (κ2) is 6.22. The number of aryl methyl sites for hydroxylation is 1. The molecule has 0 amide bonds. The molecule has 1 unspecified atom stereocenters. The third kappa shape index (κ3) is 3.28. The van der Waals surface area contributed by atoms with E-state index in [1.807, 2.05) is 13.0 Å². The Bertz CT molecular complexity index is 616. The fourth-order valence-corrected chi connectivity index (χ4v) is 2.41. The van der Waals surface area contributed by atoms with E-state index in [1.54, 1.807) is 18.2 Å². The summed E-state index contributed by atoms with van der Waals surface area (Å²) in [6, 6.07) is 9.88. The zero-order valence-corrected chi connectivity index (χ0v) is 11.9. The molecule has 2 aromatic rings. The number of hydrogen-bond acceptors (Lipinski definition) is 3. The lowest BCUT2D eigenvalue weighted by Gasteiger charge is -2.19. The van der Waals surface area contributed by atoms with Gasteiger partial charge in [-0.2, -0.15) is 0 Å². The quantitative estimate of drug-likeness (QED) is 0.461. The lowest BCUT2D eigenvalue weighted by atomic mass is 9.95. The lowest BCUT2D eigenvalue weighted by Crippen LogP contribution is -2.30. The number of benzene rings is 2. The van der Waals surface area contributed by atoms with Gasteiger partial charge in [0.1, 0.15) is 5.82 Å². The predicted octanol–water partition coefficient (Wildman–Crippen LogP) is 3.12. The summed E-state index contributed by atoms with van der Waals surface area (Å²) in [6.45, 7) is 1.87. The van der Waals surface area contributed by atoms with Crippen LogP contribution in [-0.4, -0.2) is 0 Å². The van der Waals surface area contributed by atoms with E-state index in [2.05, 4.69) is 5.43 Å². The first-order valence-electron chi connectivity index (χ1n) is 6.27. The van der Waals surface area contributed by atoms with Crippen LogP contribution in [0.15, 0.2) is 36.4 Å². The molecule has 0 spiro atoms. The van der Waals surface area contributed by atoms with Crippen molar-refractivity contribution in [3.8, 4) is 0 Å². The predicted molar refractivity (Wildman–Crippen MR) is 80.8 cm³/mol. The highest BCUT2D eigenvalue weighted by Gasteiger charge is 2.15. The Hall–Kier alpha value is -1.62. The molecule has 5 heteroatoms. The number of nitrogens with one attached hydrogen (secondary N) is 1. The Morgan fingerprint density at radius 1 is 1.25 bits per heavy atom. The maximum atomic E-state index is 13.1. The first-order chi connectivity index (χ1) is 9.51. The summed E-state index contributed by atoms with van der Waals surface area (Å²) in [7, 11) is 0. The third-order valence-electron chi connectivity index (χ3n) is 3.35. The lowest BCUT2D eigenvalue weighted by molar-refractivity contribution is 0.551. The van der Waals surface area contributed by atoms with Crippen LogP contribution in [0, 0.1) is 12.7 Å². The molecule has 106 valence electrons. The summed E-state index contributed by atoms with van der Waals surface area (Å²) >= 11 is 5.89. The molecule has 0 aliphatic heterocycles. The van der Waals surface area contributed by atoms with Crippen molar-refractivity contribution in [3.05, 3.63) is 63.9 Å². The van der Waals surface area contributed by atoms with Gasteiger partial charge in [-0.3, -0.25) is 11.3 Å². The number of anilines is 1. The average Bonchev–Trinajstić information content (AvgIpc) is 2.39. The SMILES string of the molecule is Cc1cc(F)ccc1CC(NN)c1ccc(Cl)cc1N. The van der Waals surface area contributed by atoms with Crippen LogP contribution in [0.1, 0.15) is 22.7 Å². The normalized spacial score (nSPS) is 12.4. The minimum atomic E-state index is -0.241. The van der Waals surface area contributed by atoms with Gasteiger partial charge in [-0.25, -0.2) is 4.39 Å². The van der Waals surface area contributed by atoms with Crippen molar-refractivity contribution in [2.75, 3.05) is 5.73 Å². The number of nitrogen functional groups attached to an aromatic ring is 1. The minimum Gasteiger partial charge on any atom is -0.398 e. The molecule has 0 heterocycles. The topological polar surface area (TPSA) is 64.1 Å². The molecule has 0 aliphatic rings. The van der Waals surface area contributed by atoms with Gasteiger partial charge in [0.15, 0.2) is 0 Å². The van der Waals surface area contributed by atoms with Crippen LogP contribution in [0.2, 0.25) is 5.02 Å². The number of rotatable bonds is 4. The monoisotopic (exact) mass is 293 g/mol. The standard InChI is InChI=1S/C15H17ClFN3/c1-9-6-12(17)4-2-10(9)7-15(20-19)13-5-3-11(16)8-14(13)18/h2-6,8,15,20H,7,18-19H2,1H3. The van der Waals surface area contributed by atoms with Gasteiger partial charge in [-0.15, -0.1) is 0 Å². The zero-order chi connectivity index (χ0) is 14.7. The molecular formula is C15H17ClFN3. The second-order valence-corrected chi connectivity index (χ2v) is 5.20. The van der Waals surface area contributed by atoms with E-state index < -0.39 is 0 Å². The highest BCUT2D eigenvalue weighted by molar-refractivity contribution is 6.30. The van der Waals surface area contributed by atoms with Gasteiger partial charge in [0.2, 0.25) is 0 Å². The summed E-state index contributed by atoms with van der Waals surface area (Å²) < 4.78 is 13.1. The highest BCUT2D eigenvalue weighted by Crippen LogP contribution is 2.27. The first kappa shape index (κ1) is 14.8. The Morgan fingerprint density at radius 3 is 2.60 bits per heavy atom. The molecule has 2 aromatic carbocycles. The summed E-state index contributed by atoms with van der Waals surface area (Å²) in [4.78, 5) is 0. The number of hydrogen-bond donors (Lipinski definition) is 3. The van der Waals surface area contributed by atoms with Crippen molar-refractivity contribution in [2.45, 2.75) is 19.4 Å². The van der Waals surface area contributed by atoms with Crippen molar-refractivity contribution in [1.29, 1.82) is 0 Å². The van der Waals surface area contributed by atoms with Crippen molar-refractivity contribution in [1.82, 2.24) is 5.43 Å². The first-order valence-corrected chi connectivity index (χ1v) is 6.65. The van der Waals surface area contributed by atoms with Crippen LogP contribution < -0.4 is 17.0 Å². The van der Waals surface area contributed by atoms with E-state index in [9.17, 15) is 4.39 Å². The minimum absolute atomic E-state index is 0.156. The van der Waals surface area contributed by atoms with E-state index in [1.165, 1.54) is 12.1 Å². The van der Waals surface area contributed by atoms with Crippen molar-refractivity contribution < 1.29 is 4.39 Å². The van der Waals surface area contributed by atoms with Gasteiger partial charge < -0.3 is 5.73 Å². The number of halogens is 2. The fourth-order valence-electron chi connectivity index (χ4n) is 2.23.